The molecule has 0 spiro atoms. The van der Waals surface area contributed by atoms with E-state index in [4.69, 9.17) is 0 Å². The molecule has 0 saturated carbocycles. The summed E-state index contributed by atoms with van der Waals surface area (Å²) in [5.74, 6) is 0.370. The van der Waals surface area contributed by atoms with E-state index in [-0.39, 0.29) is 17.4 Å². The fourth-order valence-electron chi connectivity index (χ4n) is 3.59. The second-order valence-corrected chi connectivity index (χ2v) is 6.20. The molecule has 5 heteroatoms. The maximum atomic E-state index is 13.5. The molecule has 0 fully saturated rings. The highest BCUT2D eigenvalue weighted by Crippen LogP contribution is 2.35. The van der Waals surface area contributed by atoms with Crippen LogP contribution < -0.4 is 10.5 Å². The minimum atomic E-state index is -0.219. The van der Waals surface area contributed by atoms with Gasteiger partial charge in [-0.05, 0) is 62.8 Å². The number of rotatable bonds is 1. The molecular formula is C17H18FN3O. The van der Waals surface area contributed by atoms with Crippen LogP contribution in [0.4, 0.5) is 16.0 Å². The summed E-state index contributed by atoms with van der Waals surface area (Å²) in [4.78, 5) is 21.9. The number of halogens is 1. The van der Waals surface area contributed by atoms with Gasteiger partial charge in [0.05, 0.1) is 5.69 Å². The van der Waals surface area contributed by atoms with Gasteiger partial charge in [-0.25, -0.2) is 9.37 Å². The first-order valence-corrected chi connectivity index (χ1v) is 7.83. The number of nitrogens with one attached hydrogen (secondary N) is 1. The van der Waals surface area contributed by atoms with Gasteiger partial charge in [0.1, 0.15) is 5.82 Å². The van der Waals surface area contributed by atoms with Crippen molar-refractivity contribution in [3.8, 4) is 0 Å². The molecule has 2 heterocycles. The van der Waals surface area contributed by atoms with E-state index in [0.717, 1.165) is 54.6 Å². The molecule has 0 bridgehead atoms. The molecule has 1 aromatic heterocycles. The Labute approximate surface area is 128 Å². The van der Waals surface area contributed by atoms with Gasteiger partial charge in [0.25, 0.3) is 5.56 Å². The van der Waals surface area contributed by atoms with Crippen LogP contribution in [0.15, 0.2) is 23.0 Å². The molecule has 1 atom stereocenters. The van der Waals surface area contributed by atoms with Gasteiger partial charge in [-0.1, -0.05) is 0 Å². The van der Waals surface area contributed by atoms with Crippen molar-refractivity contribution in [3.05, 3.63) is 51.2 Å². The first kappa shape index (κ1) is 13.5. The number of hydrogen-bond donors (Lipinski definition) is 1. The van der Waals surface area contributed by atoms with Crippen molar-refractivity contribution in [1.82, 2.24) is 9.97 Å². The zero-order chi connectivity index (χ0) is 15.3. The standard InChI is InChI=1S/C17H18FN3O/c1-10-5-6-11-9-12(18)7-8-15(11)21(10)17-19-14-4-2-3-13(14)16(22)20-17/h7-10H,2-6H2,1H3,(H,19,20,22). The highest BCUT2D eigenvalue weighted by molar-refractivity contribution is 5.64. The van der Waals surface area contributed by atoms with E-state index in [1.165, 1.54) is 6.07 Å². The van der Waals surface area contributed by atoms with E-state index < -0.39 is 0 Å². The molecule has 0 saturated heterocycles. The second kappa shape index (κ2) is 4.93. The lowest BCUT2D eigenvalue weighted by atomic mass is 9.97. The third-order valence-corrected chi connectivity index (χ3v) is 4.73. The first-order chi connectivity index (χ1) is 10.6. The summed E-state index contributed by atoms with van der Waals surface area (Å²) in [6.07, 6.45) is 4.43. The van der Waals surface area contributed by atoms with E-state index in [9.17, 15) is 9.18 Å². The largest absolute Gasteiger partial charge is 0.309 e. The van der Waals surface area contributed by atoms with Crippen molar-refractivity contribution in [2.24, 2.45) is 0 Å². The number of fused-ring (bicyclic) bond motifs is 2. The summed E-state index contributed by atoms with van der Waals surface area (Å²) in [5.41, 5.74) is 3.63. The molecule has 22 heavy (non-hydrogen) atoms. The molecule has 0 radical (unpaired) electrons. The summed E-state index contributed by atoms with van der Waals surface area (Å²) in [6.45, 7) is 2.11. The summed E-state index contributed by atoms with van der Waals surface area (Å²) in [6, 6.07) is 5.06. The Balaban J connectivity index is 1.86. The van der Waals surface area contributed by atoms with Crippen molar-refractivity contribution in [2.45, 2.75) is 45.1 Å². The maximum absolute atomic E-state index is 13.5. The Morgan fingerprint density at radius 1 is 1.32 bits per heavy atom. The lowest BCUT2D eigenvalue weighted by Gasteiger charge is -2.35. The Morgan fingerprint density at radius 2 is 2.18 bits per heavy atom. The second-order valence-electron chi connectivity index (χ2n) is 6.20. The Kier molecular flexibility index (Phi) is 3.03. The van der Waals surface area contributed by atoms with Crippen LogP contribution in [-0.4, -0.2) is 16.0 Å². The normalized spacial score (nSPS) is 19.9. The molecule has 1 aliphatic heterocycles. The van der Waals surface area contributed by atoms with E-state index >= 15 is 0 Å². The quantitative estimate of drug-likeness (QED) is 0.881. The van der Waals surface area contributed by atoms with Crippen molar-refractivity contribution in [3.63, 3.8) is 0 Å². The third-order valence-electron chi connectivity index (χ3n) is 4.73. The molecule has 114 valence electrons. The molecule has 2 aliphatic rings. The molecule has 0 amide bonds. The van der Waals surface area contributed by atoms with Crippen molar-refractivity contribution in [2.75, 3.05) is 4.90 Å². The number of nitrogens with zero attached hydrogens (tertiary/aromatic N) is 2. The van der Waals surface area contributed by atoms with Crippen molar-refractivity contribution in [1.29, 1.82) is 0 Å². The van der Waals surface area contributed by atoms with Crippen molar-refractivity contribution < 1.29 is 4.39 Å². The van der Waals surface area contributed by atoms with Gasteiger partial charge in [0.15, 0.2) is 0 Å². The smallest absolute Gasteiger partial charge is 0.255 e. The number of aromatic amines is 1. The monoisotopic (exact) mass is 299 g/mol. The zero-order valence-corrected chi connectivity index (χ0v) is 12.5. The van der Waals surface area contributed by atoms with Gasteiger partial charge < -0.3 is 4.90 Å². The van der Waals surface area contributed by atoms with E-state index in [2.05, 4.69) is 16.9 Å². The minimum Gasteiger partial charge on any atom is -0.309 e. The van der Waals surface area contributed by atoms with Gasteiger partial charge >= 0.3 is 0 Å². The first-order valence-electron chi connectivity index (χ1n) is 7.83. The van der Waals surface area contributed by atoms with Crippen molar-refractivity contribution >= 4 is 11.6 Å². The molecule has 1 unspecified atom stereocenters. The van der Waals surface area contributed by atoms with Crippen LogP contribution in [0.1, 0.15) is 36.6 Å². The fraction of sp³-hybridized carbons (Fsp3) is 0.412. The lowest BCUT2D eigenvalue weighted by Crippen LogP contribution is -2.36. The van der Waals surface area contributed by atoms with Crippen LogP contribution in [0.2, 0.25) is 0 Å². The summed E-state index contributed by atoms with van der Waals surface area (Å²) < 4.78 is 13.5. The van der Waals surface area contributed by atoms with E-state index in [1.807, 2.05) is 4.90 Å². The Morgan fingerprint density at radius 3 is 3.05 bits per heavy atom. The number of anilines is 2. The van der Waals surface area contributed by atoms with Crippen LogP contribution in [0.3, 0.4) is 0 Å². The molecule has 4 nitrogen and oxygen atoms in total. The fourth-order valence-corrected chi connectivity index (χ4v) is 3.59. The van der Waals surface area contributed by atoms with Gasteiger partial charge in [0.2, 0.25) is 5.95 Å². The maximum Gasteiger partial charge on any atom is 0.255 e. The Bertz CT molecular complexity index is 799. The average Bonchev–Trinajstić information content (AvgIpc) is 2.96. The molecule has 1 aliphatic carbocycles. The number of benzene rings is 1. The molecule has 1 N–H and O–H groups in total. The van der Waals surface area contributed by atoms with E-state index in [1.54, 1.807) is 12.1 Å². The van der Waals surface area contributed by atoms with Gasteiger partial charge in [-0.2, -0.15) is 0 Å². The lowest BCUT2D eigenvalue weighted by molar-refractivity contribution is 0.590. The molecule has 1 aromatic carbocycles. The predicted molar refractivity (Wildman–Crippen MR) is 83.2 cm³/mol. The van der Waals surface area contributed by atoms with Gasteiger partial charge in [-0.3, -0.25) is 9.78 Å². The van der Waals surface area contributed by atoms with E-state index in [0.29, 0.717) is 5.95 Å². The number of aryl methyl sites for hydroxylation is 2. The Hall–Kier alpha value is -2.17. The van der Waals surface area contributed by atoms with Crippen LogP contribution in [-0.2, 0) is 19.3 Å². The topological polar surface area (TPSA) is 49.0 Å². The average molecular weight is 299 g/mol. The van der Waals surface area contributed by atoms with Crippen LogP contribution >= 0.6 is 0 Å². The summed E-state index contributed by atoms with van der Waals surface area (Å²) in [7, 11) is 0. The number of H-pyrrole nitrogens is 1. The molecular weight excluding hydrogens is 281 g/mol. The summed E-state index contributed by atoms with van der Waals surface area (Å²) in [5, 5.41) is 0. The number of hydrogen-bond acceptors (Lipinski definition) is 3. The number of aromatic nitrogens is 2. The third kappa shape index (κ3) is 2.03. The van der Waals surface area contributed by atoms with Crippen LogP contribution in [0.5, 0.6) is 0 Å². The van der Waals surface area contributed by atoms with Crippen LogP contribution in [0.25, 0.3) is 0 Å². The molecule has 4 rings (SSSR count). The predicted octanol–water partition coefficient (Wildman–Crippen LogP) is 2.87. The van der Waals surface area contributed by atoms with Crippen LogP contribution in [0, 0.1) is 5.82 Å². The zero-order valence-electron chi connectivity index (χ0n) is 12.5. The SMILES string of the molecule is CC1CCc2cc(F)ccc2N1c1nc2c(c(=O)[nH]1)CCC2. The highest BCUT2D eigenvalue weighted by Gasteiger charge is 2.28. The summed E-state index contributed by atoms with van der Waals surface area (Å²) >= 11 is 0. The van der Waals surface area contributed by atoms with Gasteiger partial charge in [-0.15, -0.1) is 0 Å². The van der Waals surface area contributed by atoms with Gasteiger partial charge in [0, 0.05) is 17.3 Å². The minimum absolute atomic E-state index is 0.0288. The molecule has 2 aromatic rings. The highest BCUT2D eigenvalue weighted by atomic mass is 19.1.